The number of anilines is 2. The van der Waals surface area contributed by atoms with Crippen molar-refractivity contribution in [2.75, 3.05) is 37.5 Å². The summed E-state index contributed by atoms with van der Waals surface area (Å²) in [6.45, 7) is 7.16. The molecule has 11 nitrogen and oxygen atoms in total. The Balaban J connectivity index is 1.50. The SMILES string of the molecule is COc1cc(N2CCc3nc(NC(=O)NCCCC(=O)OC(C)(C)C)sc3C2)nc(OC)n1. The standard InChI is InChI=1S/C21H30N6O5S/c1-21(2,3)32-17(28)7-6-9-22-18(29)26-20-23-13-8-10-27(12-14(13)33-20)15-11-16(30-4)25-19(24-15)31-5/h11H,6-10,12H2,1-5H3,(H2,22,23,26,29). The Bertz CT molecular complexity index is 968. The van der Waals surface area contributed by atoms with E-state index in [0.717, 1.165) is 23.5 Å². The second-order valence-electron chi connectivity index (χ2n) is 8.39. The molecule has 33 heavy (non-hydrogen) atoms. The van der Waals surface area contributed by atoms with Crippen molar-refractivity contribution >= 4 is 34.3 Å². The van der Waals surface area contributed by atoms with Crippen LogP contribution in [0.15, 0.2) is 6.07 Å². The van der Waals surface area contributed by atoms with Crippen LogP contribution in [0.5, 0.6) is 11.9 Å². The fourth-order valence-electron chi connectivity index (χ4n) is 3.16. The van der Waals surface area contributed by atoms with Gasteiger partial charge in [0.2, 0.25) is 5.88 Å². The van der Waals surface area contributed by atoms with Crippen LogP contribution >= 0.6 is 11.3 Å². The number of ether oxygens (including phenoxy) is 3. The Morgan fingerprint density at radius 2 is 1.97 bits per heavy atom. The first-order chi connectivity index (χ1) is 15.7. The van der Waals surface area contributed by atoms with Crippen molar-refractivity contribution in [3.05, 3.63) is 16.6 Å². The van der Waals surface area contributed by atoms with E-state index in [9.17, 15) is 9.59 Å². The first kappa shape index (κ1) is 24.5. The van der Waals surface area contributed by atoms with Crippen LogP contribution in [0.1, 0.15) is 44.2 Å². The molecule has 2 aromatic rings. The number of nitrogens with one attached hydrogen (secondary N) is 2. The van der Waals surface area contributed by atoms with Crippen molar-refractivity contribution in [3.63, 3.8) is 0 Å². The molecule has 0 unspecified atom stereocenters. The van der Waals surface area contributed by atoms with Gasteiger partial charge in [0.25, 0.3) is 0 Å². The molecule has 0 radical (unpaired) electrons. The number of nitrogens with zero attached hydrogens (tertiary/aromatic N) is 4. The molecular formula is C21H30N6O5S. The highest BCUT2D eigenvalue weighted by Gasteiger charge is 2.23. The normalized spacial score (nSPS) is 13.2. The molecule has 2 aromatic heterocycles. The van der Waals surface area contributed by atoms with E-state index in [-0.39, 0.29) is 24.4 Å². The maximum absolute atomic E-state index is 12.2. The third-order valence-electron chi connectivity index (χ3n) is 4.60. The minimum absolute atomic E-state index is 0.241. The number of amides is 2. The van der Waals surface area contributed by atoms with Crippen LogP contribution in [-0.2, 0) is 22.5 Å². The number of aromatic nitrogens is 3. The van der Waals surface area contributed by atoms with Crippen LogP contribution in [0.25, 0.3) is 0 Å². The van der Waals surface area contributed by atoms with Gasteiger partial charge in [-0.25, -0.2) is 9.78 Å². The molecule has 2 amide bonds. The van der Waals surface area contributed by atoms with Crippen LogP contribution in [0.4, 0.5) is 15.7 Å². The lowest BCUT2D eigenvalue weighted by Crippen LogP contribution is -2.30. The van der Waals surface area contributed by atoms with E-state index in [4.69, 9.17) is 14.2 Å². The molecule has 180 valence electrons. The highest BCUT2D eigenvalue weighted by Crippen LogP contribution is 2.31. The Kier molecular flexibility index (Phi) is 7.90. The molecule has 0 saturated carbocycles. The molecule has 3 heterocycles. The van der Waals surface area contributed by atoms with Crippen LogP contribution in [-0.4, -0.2) is 59.9 Å². The van der Waals surface area contributed by atoms with E-state index < -0.39 is 5.60 Å². The van der Waals surface area contributed by atoms with Crippen molar-refractivity contribution in [1.82, 2.24) is 20.3 Å². The number of thiazole rings is 1. The summed E-state index contributed by atoms with van der Waals surface area (Å²) in [6, 6.07) is 1.65. The number of hydrogen-bond acceptors (Lipinski definition) is 10. The number of hydrogen-bond donors (Lipinski definition) is 2. The van der Waals surface area contributed by atoms with Crippen molar-refractivity contribution in [3.8, 4) is 11.9 Å². The van der Waals surface area contributed by atoms with E-state index in [1.165, 1.54) is 18.4 Å². The summed E-state index contributed by atoms with van der Waals surface area (Å²) >= 11 is 1.43. The zero-order chi connectivity index (χ0) is 24.0. The summed E-state index contributed by atoms with van der Waals surface area (Å²) in [6.07, 6.45) is 1.47. The van der Waals surface area contributed by atoms with E-state index >= 15 is 0 Å². The van der Waals surface area contributed by atoms with Gasteiger partial charge in [0.05, 0.1) is 26.5 Å². The lowest BCUT2D eigenvalue weighted by molar-refractivity contribution is -0.154. The summed E-state index contributed by atoms with van der Waals surface area (Å²) in [5.74, 6) is 0.855. The average molecular weight is 479 g/mol. The topological polar surface area (TPSA) is 128 Å². The minimum Gasteiger partial charge on any atom is -0.481 e. The first-order valence-electron chi connectivity index (χ1n) is 10.6. The third-order valence-corrected chi connectivity index (χ3v) is 5.60. The molecule has 2 N–H and O–H groups in total. The van der Waals surface area contributed by atoms with E-state index in [1.807, 2.05) is 20.8 Å². The van der Waals surface area contributed by atoms with Crippen molar-refractivity contribution < 1.29 is 23.8 Å². The first-order valence-corrected chi connectivity index (χ1v) is 11.5. The molecule has 0 aliphatic carbocycles. The Hall–Kier alpha value is -3.15. The van der Waals surface area contributed by atoms with E-state index in [2.05, 4.69) is 30.5 Å². The van der Waals surface area contributed by atoms with Crippen LogP contribution in [0.2, 0.25) is 0 Å². The van der Waals surface area contributed by atoms with E-state index in [1.54, 1.807) is 13.2 Å². The Morgan fingerprint density at radius 3 is 2.67 bits per heavy atom. The van der Waals surface area contributed by atoms with Gasteiger partial charge in [0.15, 0.2) is 5.13 Å². The number of carbonyl (C=O) groups excluding carboxylic acids is 2. The van der Waals surface area contributed by atoms with Gasteiger partial charge >= 0.3 is 18.0 Å². The molecule has 0 aromatic carbocycles. The lowest BCUT2D eigenvalue weighted by atomic mass is 10.2. The molecule has 1 aliphatic heterocycles. The molecule has 0 fully saturated rings. The predicted octanol–water partition coefficient (Wildman–Crippen LogP) is 2.76. The fourth-order valence-corrected chi connectivity index (χ4v) is 4.18. The van der Waals surface area contributed by atoms with Crippen LogP contribution < -0.4 is 25.0 Å². The van der Waals surface area contributed by atoms with Gasteiger partial charge in [-0.1, -0.05) is 11.3 Å². The summed E-state index contributed by atoms with van der Waals surface area (Å²) in [4.78, 5) is 40.2. The second kappa shape index (κ2) is 10.6. The predicted molar refractivity (Wildman–Crippen MR) is 124 cm³/mol. The van der Waals surface area contributed by atoms with Gasteiger partial charge in [-0.15, -0.1) is 0 Å². The van der Waals surface area contributed by atoms with Crippen LogP contribution in [0, 0.1) is 0 Å². The minimum atomic E-state index is -0.507. The van der Waals surface area contributed by atoms with Gasteiger partial charge < -0.3 is 24.4 Å². The summed E-state index contributed by atoms with van der Waals surface area (Å²) in [7, 11) is 3.06. The van der Waals surface area contributed by atoms with Gasteiger partial charge in [0, 0.05) is 36.9 Å². The van der Waals surface area contributed by atoms with Crippen molar-refractivity contribution in [2.45, 2.75) is 52.2 Å². The van der Waals surface area contributed by atoms with Crippen LogP contribution in [0.3, 0.4) is 0 Å². The number of fused-ring (bicyclic) bond motifs is 1. The number of urea groups is 1. The molecule has 0 spiro atoms. The molecule has 1 aliphatic rings. The van der Waals surface area contributed by atoms with Crippen molar-refractivity contribution in [1.29, 1.82) is 0 Å². The smallest absolute Gasteiger partial charge is 0.321 e. The Morgan fingerprint density at radius 1 is 1.18 bits per heavy atom. The molecular weight excluding hydrogens is 448 g/mol. The second-order valence-corrected chi connectivity index (χ2v) is 9.47. The largest absolute Gasteiger partial charge is 0.481 e. The third kappa shape index (κ3) is 7.17. The molecule has 0 atom stereocenters. The van der Waals surface area contributed by atoms with Gasteiger partial charge in [-0.3, -0.25) is 10.1 Å². The molecule has 3 rings (SSSR count). The maximum Gasteiger partial charge on any atom is 0.321 e. The van der Waals surface area contributed by atoms with Gasteiger partial charge in [-0.2, -0.15) is 9.97 Å². The lowest BCUT2D eigenvalue weighted by Gasteiger charge is -2.27. The highest BCUT2D eigenvalue weighted by molar-refractivity contribution is 7.15. The number of esters is 1. The Labute approximate surface area is 196 Å². The monoisotopic (exact) mass is 478 g/mol. The average Bonchev–Trinajstić information content (AvgIpc) is 3.16. The zero-order valence-electron chi connectivity index (χ0n) is 19.6. The maximum atomic E-state index is 12.2. The zero-order valence-corrected chi connectivity index (χ0v) is 20.4. The fraction of sp³-hybridized carbons (Fsp3) is 0.571. The summed E-state index contributed by atoms with van der Waals surface area (Å²) in [5.41, 5.74) is 0.456. The number of rotatable bonds is 8. The molecule has 0 saturated heterocycles. The molecule has 12 heteroatoms. The van der Waals surface area contributed by atoms with Crippen molar-refractivity contribution in [2.24, 2.45) is 0 Å². The van der Waals surface area contributed by atoms with Gasteiger partial charge in [0.1, 0.15) is 11.4 Å². The quantitative estimate of drug-likeness (QED) is 0.435. The summed E-state index contributed by atoms with van der Waals surface area (Å²) < 4.78 is 15.6. The number of methoxy groups -OCH3 is 2. The van der Waals surface area contributed by atoms with E-state index in [0.29, 0.717) is 36.3 Å². The highest BCUT2D eigenvalue weighted by atomic mass is 32.1. The molecule has 0 bridgehead atoms. The van der Waals surface area contributed by atoms with Gasteiger partial charge in [-0.05, 0) is 27.2 Å². The number of carbonyl (C=O) groups is 2. The summed E-state index contributed by atoms with van der Waals surface area (Å²) in [5, 5.41) is 6.05.